The number of carboxylic acids is 1. The Kier molecular flexibility index (Phi) is 6.54. The molecule has 0 bridgehead atoms. The number of urea groups is 1. The number of hydrogen-bond donors (Lipinski definition) is 2. The second-order valence-corrected chi connectivity index (χ2v) is 7.54. The number of aromatic carboxylic acids is 1. The molecule has 0 aromatic heterocycles. The Morgan fingerprint density at radius 2 is 1.84 bits per heavy atom. The Hall–Kier alpha value is -3.07. The van der Waals surface area contributed by atoms with E-state index in [1.807, 2.05) is 0 Å². The van der Waals surface area contributed by atoms with Crippen LogP contribution in [0.15, 0.2) is 42.5 Å². The van der Waals surface area contributed by atoms with Crippen molar-refractivity contribution in [2.45, 2.75) is 38.5 Å². The van der Waals surface area contributed by atoms with E-state index in [1.165, 1.54) is 28.0 Å². The fourth-order valence-corrected chi connectivity index (χ4v) is 3.78. The van der Waals surface area contributed by atoms with Gasteiger partial charge in [-0.2, -0.15) is 13.2 Å². The Labute approximate surface area is 177 Å². The highest BCUT2D eigenvalue weighted by atomic mass is 19.4. The van der Waals surface area contributed by atoms with Crippen LogP contribution in [0.5, 0.6) is 0 Å². The molecule has 1 aliphatic rings. The van der Waals surface area contributed by atoms with Crippen molar-refractivity contribution < 1.29 is 33.0 Å². The van der Waals surface area contributed by atoms with Gasteiger partial charge in [0.15, 0.2) is 0 Å². The molecule has 2 amide bonds. The fraction of sp³-hybridized carbons (Fsp3) is 0.364. The summed E-state index contributed by atoms with van der Waals surface area (Å²) in [7, 11) is 0. The van der Waals surface area contributed by atoms with E-state index < -0.39 is 23.7 Å². The highest BCUT2D eigenvalue weighted by molar-refractivity contribution is 5.92. The number of alkyl halides is 3. The highest BCUT2D eigenvalue weighted by Crippen LogP contribution is 2.32. The van der Waals surface area contributed by atoms with Crippen molar-refractivity contribution in [3.8, 4) is 0 Å². The molecule has 1 fully saturated rings. The summed E-state index contributed by atoms with van der Waals surface area (Å²) in [5, 5.41) is 18.8. The van der Waals surface area contributed by atoms with Crippen LogP contribution in [0, 0.1) is 6.92 Å². The number of amides is 2. The van der Waals surface area contributed by atoms with Crippen molar-refractivity contribution in [2.24, 2.45) is 0 Å². The number of rotatable bonds is 5. The van der Waals surface area contributed by atoms with Crippen LogP contribution in [0.3, 0.4) is 0 Å². The monoisotopic (exact) mass is 436 g/mol. The second kappa shape index (κ2) is 8.97. The van der Waals surface area contributed by atoms with Crippen molar-refractivity contribution in [3.05, 3.63) is 64.7 Å². The average molecular weight is 436 g/mol. The summed E-state index contributed by atoms with van der Waals surface area (Å²) in [6.07, 6.45) is -3.12. The SMILES string of the molecule is Cc1cc(CN(C(=O)N2CCC[C@@H]2CO)c2ccc(C(F)(F)F)cc2)ccc1C(=O)O. The smallest absolute Gasteiger partial charge is 0.416 e. The van der Waals surface area contributed by atoms with E-state index >= 15 is 0 Å². The summed E-state index contributed by atoms with van der Waals surface area (Å²) < 4.78 is 38.9. The molecule has 1 aliphatic heterocycles. The van der Waals surface area contributed by atoms with Gasteiger partial charge in [0.05, 0.1) is 30.3 Å². The number of carbonyl (C=O) groups is 2. The van der Waals surface area contributed by atoms with E-state index in [-0.39, 0.29) is 30.4 Å². The second-order valence-electron chi connectivity index (χ2n) is 7.54. The Balaban J connectivity index is 1.95. The van der Waals surface area contributed by atoms with E-state index in [0.717, 1.165) is 18.6 Å². The Bertz CT molecular complexity index is 960. The maximum absolute atomic E-state index is 13.3. The van der Waals surface area contributed by atoms with Crippen molar-refractivity contribution in [2.75, 3.05) is 18.1 Å². The number of aliphatic hydroxyl groups is 1. The molecule has 3 rings (SSSR count). The molecule has 2 aromatic carbocycles. The molecule has 1 heterocycles. The maximum Gasteiger partial charge on any atom is 0.416 e. The van der Waals surface area contributed by atoms with Crippen LogP contribution in [-0.2, 0) is 12.7 Å². The molecule has 0 unspecified atom stereocenters. The highest BCUT2D eigenvalue weighted by Gasteiger charge is 2.33. The van der Waals surface area contributed by atoms with E-state index in [0.29, 0.717) is 24.1 Å². The lowest BCUT2D eigenvalue weighted by molar-refractivity contribution is -0.137. The minimum Gasteiger partial charge on any atom is -0.478 e. The van der Waals surface area contributed by atoms with Gasteiger partial charge in [0, 0.05) is 12.2 Å². The van der Waals surface area contributed by atoms with Crippen LogP contribution in [-0.4, -0.2) is 46.3 Å². The first-order valence-electron chi connectivity index (χ1n) is 9.81. The van der Waals surface area contributed by atoms with Crippen LogP contribution in [0.1, 0.15) is 39.9 Å². The normalized spacial score (nSPS) is 16.4. The predicted octanol–water partition coefficient (Wildman–Crippen LogP) is 4.30. The van der Waals surface area contributed by atoms with Gasteiger partial charge in [0.1, 0.15) is 0 Å². The molecule has 0 saturated carbocycles. The summed E-state index contributed by atoms with van der Waals surface area (Å²) in [6.45, 7) is 1.93. The summed E-state index contributed by atoms with van der Waals surface area (Å²) >= 11 is 0. The third kappa shape index (κ3) is 4.99. The van der Waals surface area contributed by atoms with E-state index in [4.69, 9.17) is 0 Å². The zero-order valence-corrected chi connectivity index (χ0v) is 16.9. The number of nitrogens with zero attached hydrogens (tertiary/aromatic N) is 2. The fourth-order valence-electron chi connectivity index (χ4n) is 3.78. The number of aliphatic hydroxyl groups excluding tert-OH is 1. The van der Waals surface area contributed by atoms with Gasteiger partial charge in [-0.3, -0.25) is 4.90 Å². The van der Waals surface area contributed by atoms with Gasteiger partial charge in [0.25, 0.3) is 0 Å². The van der Waals surface area contributed by atoms with Crippen LogP contribution in [0.2, 0.25) is 0 Å². The maximum atomic E-state index is 13.3. The standard InChI is InChI=1S/C22H23F3N2O4/c1-14-11-15(4-9-19(14)20(29)30)12-27(21(31)26-10-2-3-18(26)13-28)17-7-5-16(6-8-17)22(23,24)25/h4-9,11,18,28H,2-3,10,12-13H2,1H3,(H,29,30)/t18-/m1/s1. The average Bonchev–Trinajstić information content (AvgIpc) is 3.19. The zero-order chi connectivity index (χ0) is 22.8. The first-order chi connectivity index (χ1) is 14.6. The first-order valence-corrected chi connectivity index (χ1v) is 9.81. The summed E-state index contributed by atoms with van der Waals surface area (Å²) in [6, 6.07) is 8.21. The summed E-state index contributed by atoms with van der Waals surface area (Å²) in [5.41, 5.74) is 0.743. The molecular weight excluding hydrogens is 413 g/mol. The number of benzene rings is 2. The van der Waals surface area contributed by atoms with Gasteiger partial charge >= 0.3 is 18.2 Å². The third-order valence-electron chi connectivity index (χ3n) is 5.43. The van der Waals surface area contributed by atoms with Crippen molar-refractivity contribution >= 4 is 17.7 Å². The molecule has 6 nitrogen and oxygen atoms in total. The van der Waals surface area contributed by atoms with Crippen molar-refractivity contribution in [3.63, 3.8) is 0 Å². The minimum atomic E-state index is -4.49. The topological polar surface area (TPSA) is 81.1 Å². The van der Waals surface area contributed by atoms with E-state index in [9.17, 15) is 33.0 Å². The van der Waals surface area contributed by atoms with Crippen LogP contribution >= 0.6 is 0 Å². The van der Waals surface area contributed by atoms with Crippen LogP contribution < -0.4 is 4.90 Å². The molecule has 0 radical (unpaired) electrons. The number of anilines is 1. The molecule has 0 spiro atoms. The zero-order valence-electron chi connectivity index (χ0n) is 16.9. The van der Waals surface area contributed by atoms with Gasteiger partial charge < -0.3 is 15.1 Å². The predicted molar refractivity (Wildman–Crippen MR) is 108 cm³/mol. The quantitative estimate of drug-likeness (QED) is 0.733. The molecule has 0 aliphatic carbocycles. The third-order valence-corrected chi connectivity index (χ3v) is 5.43. The molecular formula is C22H23F3N2O4. The molecule has 2 aromatic rings. The van der Waals surface area contributed by atoms with Gasteiger partial charge in [-0.25, -0.2) is 9.59 Å². The summed E-state index contributed by atoms with van der Waals surface area (Å²) in [4.78, 5) is 27.4. The van der Waals surface area contributed by atoms with Gasteiger partial charge in [-0.05, 0) is 61.2 Å². The molecule has 166 valence electrons. The molecule has 1 saturated heterocycles. The Morgan fingerprint density at radius 3 is 2.39 bits per heavy atom. The molecule has 31 heavy (non-hydrogen) atoms. The van der Waals surface area contributed by atoms with E-state index in [2.05, 4.69) is 0 Å². The number of likely N-dealkylation sites (tertiary alicyclic amines) is 1. The lowest BCUT2D eigenvalue weighted by atomic mass is 10.0. The van der Waals surface area contributed by atoms with Gasteiger partial charge in [-0.15, -0.1) is 0 Å². The minimum absolute atomic E-state index is 0.0413. The van der Waals surface area contributed by atoms with Crippen LogP contribution in [0.25, 0.3) is 0 Å². The lowest BCUT2D eigenvalue weighted by Gasteiger charge is -2.31. The number of halogens is 3. The van der Waals surface area contributed by atoms with Crippen LogP contribution in [0.4, 0.5) is 23.7 Å². The molecule has 9 heteroatoms. The molecule has 1 atom stereocenters. The lowest BCUT2D eigenvalue weighted by Crippen LogP contribution is -2.46. The Morgan fingerprint density at radius 1 is 1.16 bits per heavy atom. The van der Waals surface area contributed by atoms with Crippen molar-refractivity contribution in [1.82, 2.24) is 4.90 Å². The van der Waals surface area contributed by atoms with Gasteiger partial charge in [-0.1, -0.05) is 12.1 Å². The van der Waals surface area contributed by atoms with Gasteiger partial charge in [0.2, 0.25) is 0 Å². The summed E-state index contributed by atoms with van der Waals surface area (Å²) in [5.74, 6) is -1.07. The number of carboxylic acid groups (broad SMARTS) is 1. The number of hydrogen-bond acceptors (Lipinski definition) is 3. The number of aryl methyl sites for hydroxylation is 1. The first kappa shape index (κ1) is 22.6. The van der Waals surface area contributed by atoms with E-state index in [1.54, 1.807) is 19.1 Å². The largest absolute Gasteiger partial charge is 0.478 e. The van der Waals surface area contributed by atoms with Crippen molar-refractivity contribution in [1.29, 1.82) is 0 Å². The number of carbonyl (C=O) groups excluding carboxylic acids is 1. The molecule has 2 N–H and O–H groups in total.